The zero-order valence-corrected chi connectivity index (χ0v) is 15.9. The molecule has 2 rings (SSSR count). The zero-order valence-electron chi connectivity index (χ0n) is 14.3. The SMILES string of the molecule is CCC(C)NC(=O)CN1CCN(S(=O)(=O)c2ccc(Cl)cc2F)CC1. The zero-order chi connectivity index (χ0) is 18.6. The van der Waals surface area contributed by atoms with Crippen LogP contribution in [0.2, 0.25) is 5.02 Å². The lowest BCUT2D eigenvalue weighted by molar-refractivity contribution is -0.123. The molecule has 1 amide bonds. The van der Waals surface area contributed by atoms with Gasteiger partial charge in [0.15, 0.2) is 0 Å². The minimum Gasteiger partial charge on any atom is -0.353 e. The molecule has 1 N–H and O–H groups in total. The average molecular weight is 392 g/mol. The molecule has 1 fully saturated rings. The van der Waals surface area contributed by atoms with Crippen molar-refractivity contribution in [1.29, 1.82) is 0 Å². The van der Waals surface area contributed by atoms with Crippen molar-refractivity contribution in [2.45, 2.75) is 31.2 Å². The first-order chi connectivity index (χ1) is 11.7. The van der Waals surface area contributed by atoms with Crippen LogP contribution in [0.5, 0.6) is 0 Å². The number of carbonyl (C=O) groups excluding carboxylic acids is 1. The first-order valence-corrected chi connectivity index (χ1v) is 10.0. The molecule has 1 atom stereocenters. The molecule has 1 saturated heterocycles. The Balaban J connectivity index is 1.96. The highest BCUT2D eigenvalue weighted by atomic mass is 35.5. The fourth-order valence-corrected chi connectivity index (χ4v) is 4.20. The van der Waals surface area contributed by atoms with Gasteiger partial charge >= 0.3 is 0 Å². The van der Waals surface area contributed by atoms with Crippen molar-refractivity contribution >= 4 is 27.5 Å². The van der Waals surface area contributed by atoms with E-state index >= 15 is 0 Å². The Hall–Kier alpha value is -1.22. The molecular weight excluding hydrogens is 369 g/mol. The molecule has 25 heavy (non-hydrogen) atoms. The molecule has 6 nitrogen and oxygen atoms in total. The summed E-state index contributed by atoms with van der Waals surface area (Å²) in [6.45, 7) is 5.41. The minimum absolute atomic E-state index is 0.0746. The number of benzene rings is 1. The molecular formula is C16H23ClFN3O3S. The lowest BCUT2D eigenvalue weighted by Gasteiger charge is -2.33. The summed E-state index contributed by atoms with van der Waals surface area (Å²) in [7, 11) is -3.91. The average Bonchev–Trinajstić information content (AvgIpc) is 2.54. The van der Waals surface area contributed by atoms with Crippen molar-refractivity contribution in [3.8, 4) is 0 Å². The van der Waals surface area contributed by atoms with Crippen molar-refractivity contribution in [2.24, 2.45) is 0 Å². The molecule has 0 bridgehead atoms. The van der Waals surface area contributed by atoms with Crippen molar-refractivity contribution in [3.63, 3.8) is 0 Å². The predicted octanol–water partition coefficient (Wildman–Crippen LogP) is 1.70. The summed E-state index contributed by atoms with van der Waals surface area (Å²) in [5.74, 6) is -0.933. The predicted molar refractivity (Wildman–Crippen MR) is 94.5 cm³/mol. The Bertz CT molecular complexity index is 721. The number of piperazine rings is 1. The van der Waals surface area contributed by atoms with Gasteiger partial charge in [0.25, 0.3) is 0 Å². The number of halogens is 2. The van der Waals surface area contributed by atoms with Gasteiger partial charge in [0.05, 0.1) is 6.54 Å². The van der Waals surface area contributed by atoms with E-state index in [1.54, 1.807) is 0 Å². The molecule has 0 aromatic heterocycles. The van der Waals surface area contributed by atoms with Gasteiger partial charge in [0.2, 0.25) is 15.9 Å². The molecule has 0 saturated carbocycles. The number of hydrogen-bond donors (Lipinski definition) is 1. The van der Waals surface area contributed by atoms with Crippen LogP contribution in [-0.2, 0) is 14.8 Å². The van der Waals surface area contributed by atoms with Gasteiger partial charge in [-0.3, -0.25) is 9.69 Å². The highest BCUT2D eigenvalue weighted by molar-refractivity contribution is 7.89. The third-order valence-corrected chi connectivity index (χ3v) is 6.40. The highest BCUT2D eigenvalue weighted by Crippen LogP contribution is 2.23. The van der Waals surface area contributed by atoms with E-state index in [0.29, 0.717) is 13.1 Å². The largest absolute Gasteiger partial charge is 0.353 e. The topological polar surface area (TPSA) is 69.7 Å². The quantitative estimate of drug-likeness (QED) is 0.801. The lowest BCUT2D eigenvalue weighted by Crippen LogP contribution is -2.51. The van der Waals surface area contributed by atoms with Crippen molar-refractivity contribution in [3.05, 3.63) is 29.0 Å². The molecule has 1 aromatic carbocycles. The highest BCUT2D eigenvalue weighted by Gasteiger charge is 2.31. The van der Waals surface area contributed by atoms with Crippen LogP contribution in [0.3, 0.4) is 0 Å². The Kier molecular flexibility index (Phi) is 6.79. The lowest BCUT2D eigenvalue weighted by atomic mass is 10.2. The van der Waals surface area contributed by atoms with Crippen LogP contribution in [-0.4, -0.2) is 62.3 Å². The number of amides is 1. The van der Waals surface area contributed by atoms with Crippen LogP contribution in [0.4, 0.5) is 4.39 Å². The van der Waals surface area contributed by atoms with E-state index in [1.807, 2.05) is 18.7 Å². The van der Waals surface area contributed by atoms with Gasteiger partial charge in [0.1, 0.15) is 10.7 Å². The summed E-state index contributed by atoms with van der Waals surface area (Å²) >= 11 is 5.67. The molecule has 140 valence electrons. The van der Waals surface area contributed by atoms with Crippen molar-refractivity contribution in [2.75, 3.05) is 32.7 Å². The molecule has 1 aromatic rings. The number of sulfonamides is 1. The van der Waals surface area contributed by atoms with E-state index in [4.69, 9.17) is 11.6 Å². The van der Waals surface area contributed by atoms with Gasteiger partial charge in [0, 0.05) is 37.2 Å². The molecule has 0 spiro atoms. The number of rotatable bonds is 6. The Morgan fingerprint density at radius 3 is 2.52 bits per heavy atom. The van der Waals surface area contributed by atoms with Crippen LogP contribution in [0.1, 0.15) is 20.3 Å². The normalized spacial score (nSPS) is 18.1. The minimum atomic E-state index is -3.91. The molecule has 0 radical (unpaired) electrons. The first kappa shape index (κ1) is 20.1. The maximum Gasteiger partial charge on any atom is 0.246 e. The van der Waals surface area contributed by atoms with Crippen LogP contribution in [0.25, 0.3) is 0 Å². The van der Waals surface area contributed by atoms with E-state index in [2.05, 4.69) is 5.32 Å². The van der Waals surface area contributed by atoms with Gasteiger partial charge in [-0.05, 0) is 31.5 Å². The molecule has 1 heterocycles. The maximum atomic E-state index is 14.0. The smallest absolute Gasteiger partial charge is 0.246 e. The van der Waals surface area contributed by atoms with Crippen molar-refractivity contribution in [1.82, 2.24) is 14.5 Å². The summed E-state index contributed by atoms with van der Waals surface area (Å²) in [4.78, 5) is 13.4. The molecule has 9 heteroatoms. The van der Waals surface area contributed by atoms with E-state index in [-0.39, 0.29) is 41.5 Å². The second-order valence-corrected chi connectivity index (χ2v) is 8.47. The summed E-state index contributed by atoms with van der Waals surface area (Å²) in [6.07, 6.45) is 0.852. The number of nitrogens with zero attached hydrogens (tertiary/aromatic N) is 2. The first-order valence-electron chi connectivity index (χ1n) is 8.21. The molecule has 1 unspecified atom stereocenters. The monoisotopic (exact) mass is 391 g/mol. The van der Waals surface area contributed by atoms with E-state index in [9.17, 15) is 17.6 Å². The Morgan fingerprint density at radius 1 is 1.32 bits per heavy atom. The van der Waals surface area contributed by atoms with E-state index in [0.717, 1.165) is 12.5 Å². The molecule has 1 aliphatic rings. The van der Waals surface area contributed by atoms with Crippen LogP contribution in [0, 0.1) is 5.82 Å². The molecule has 1 aliphatic heterocycles. The van der Waals surface area contributed by atoms with Gasteiger partial charge in [-0.15, -0.1) is 0 Å². The van der Waals surface area contributed by atoms with E-state index < -0.39 is 15.8 Å². The maximum absolute atomic E-state index is 14.0. The fourth-order valence-electron chi connectivity index (χ4n) is 2.58. The van der Waals surface area contributed by atoms with Crippen molar-refractivity contribution < 1.29 is 17.6 Å². The van der Waals surface area contributed by atoms with Gasteiger partial charge < -0.3 is 5.32 Å². The summed E-state index contributed by atoms with van der Waals surface area (Å²) < 4.78 is 40.3. The Labute approximate surface area is 153 Å². The number of carbonyl (C=O) groups is 1. The summed E-state index contributed by atoms with van der Waals surface area (Å²) in [5, 5.41) is 3.03. The summed E-state index contributed by atoms with van der Waals surface area (Å²) in [6, 6.07) is 3.64. The van der Waals surface area contributed by atoms with Crippen LogP contribution >= 0.6 is 11.6 Å². The second-order valence-electron chi connectivity index (χ2n) is 6.13. The van der Waals surface area contributed by atoms with Gasteiger partial charge in [-0.25, -0.2) is 12.8 Å². The van der Waals surface area contributed by atoms with E-state index in [1.165, 1.54) is 16.4 Å². The van der Waals surface area contributed by atoms with Crippen LogP contribution < -0.4 is 5.32 Å². The number of hydrogen-bond acceptors (Lipinski definition) is 4. The standard InChI is InChI=1S/C16H23ClFN3O3S/c1-3-12(2)19-16(22)11-20-6-8-21(9-7-20)25(23,24)15-5-4-13(17)10-14(15)18/h4-5,10,12H,3,6-9,11H2,1-2H3,(H,19,22). The molecule has 0 aliphatic carbocycles. The van der Waals surface area contributed by atoms with Crippen LogP contribution in [0.15, 0.2) is 23.1 Å². The van der Waals surface area contributed by atoms with Gasteiger partial charge in [-0.2, -0.15) is 4.31 Å². The van der Waals surface area contributed by atoms with Gasteiger partial charge in [-0.1, -0.05) is 18.5 Å². The summed E-state index contributed by atoms with van der Waals surface area (Å²) in [5.41, 5.74) is 0. The fraction of sp³-hybridized carbons (Fsp3) is 0.562. The third kappa shape index (κ3) is 5.13. The Morgan fingerprint density at radius 2 is 1.96 bits per heavy atom. The second kappa shape index (κ2) is 8.44. The number of nitrogens with one attached hydrogen (secondary N) is 1. The third-order valence-electron chi connectivity index (χ3n) is 4.23.